The lowest BCUT2D eigenvalue weighted by atomic mass is 10.1. The number of hydrogen-bond donors (Lipinski definition) is 1. The minimum atomic E-state index is -0.208. The molecule has 0 bridgehead atoms. The molecule has 0 saturated carbocycles. The molecule has 1 aromatic carbocycles. The monoisotopic (exact) mass is 338 g/mol. The molecule has 20 heavy (non-hydrogen) atoms. The van der Waals surface area contributed by atoms with Gasteiger partial charge in [0.1, 0.15) is 5.82 Å². The molecule has 106 valence electrons. The molecular weight excluding hydrogens is 323 g/mol. The van der Waals surface area contributed by atoms with Crippen LogP contribution in [0.2, 0.25) is 0 Å². The van der Waals surface area contributed by atoms with Gasteiger partial charge in [-0.25, -0.2) is 9.37 Å². The van der Waals surface area contributed by atoms with Gasteiger partial charge in [0.15, 0.2) is 0 Å². The van der Waals surface area contributed by atoms with Crippen molar-refractivity contribution >= 4 is 15.9 Å². The van der Waals surface area contributed by atoms with Crippen LogP contribution < -0.4 is 10.1 Å². The summed E-state index contributed by atoms with van der Waals surface area (Å²) in [5.74, 6) is 0.367. The SMILES string of the molecule is COc1cc(CNC(C)c2cc(Br)ccc2F)ccn1. The minimum absolute atomic E-state index is 0.0911. The van der Waals surface area contributed by atoms with Gasteiger partial charge in [-0.15, -0.1) is 0 Å². The standard InChI is InChI=1S/C15H16BrFN2O/c1-10(13-8-12(16)3-4-14(13)17)19-9-11-5-6-18-15(7-11)20-2/h3-8,10,19H,9H2,1-2H3. The lowest BCUT2D eigenvalue weighted by molar-refractivity contribution is 0.397. The molecule has 0 spiro atoms. The summed E-state index contributed by atoms with van der Waals surface area (Å²) >= 11 is 3.36. The maximum absolute atomic E-state index is 13.8. The third-order valence-electron chi connectivity index (χ3n) is 3.05. The first-order valence-electron chi connectivity index (χ1n) is 6.27. The van der Waals surface area contributed by atoms with Gasteiger partial charge in [-0.2, -0.15) is 0 Å². The van der Waals surface area contributed by atoms with Crippen molar-refractivity contribution < 1.29 is 9.13 Å². The smallest absolute Gasteiger partial charge is 0.213 e. The summed E-state index contributed by atoms with van der Waals surface area (Å²) < 4.78 is 19.7. The van der Waals surface area contributed by atoms with Gasteiger partial charge in [0, 0.05) is 34.9 Å². The second kappa shape index (κ2) is 6.81. The lowest BCUT2D eigenvalue weighted by Crippen LogP contribution is -2.19. The highest BCUT2D eigenvalue weighted by Gasteiger charge is 2.11. The molecule has 2 rings (SSSR count). The van der Waals surface area contributed by atoms with Crippen LogP contribution in [0.3, 0.4) is 0 Å². The zero-order chi connectivity index (χ0) is 14.5. The fraction of sp³-hybridized carbons (Fsp3) is 0.267. The third kappa shape index (κ3) is 3.77. The van der Waals surface area contributed by atoms with E-state index in [0.717, 1.165) is 10.0 Å². The highest BCUT2D eigenvalue weighted by Crippen LogP contribution is 2.22. The first-order valence-corrected chi connectivity index (χ1v) is 7.06. The van der Waals surface area contributed by atoms with Crippen molar-refractivity contribution in [3.05, 3.63) is 57.9 Å². The van der Waals surface area contributed by atoms with E-state index in [2.05, 4.69) is 26.2 Å². The number of halogens is 2. The molecule has 0 fully saturated rings. The van der Waals surface area contributed by atoms with E-state index in [4.69, 9.17) is 4.74 Å². The Bertz CT molecular complexity index is 592. The van der Waals surface area contributed by atoms with Crippen molar-refractivity contribution in [1.82, 2.24) is 10.3 Å². The average molecular weight is 339 g/mol. The Kier molecular flexibility index (Phi) is 5.09. The number of nitrogens with one attached hydrogen (secondary N) is 1. The highest BCUT2D eigenvalue weighted by molar-refractivity contribution is 9.10. The Balaban J connectivity index is 2.04. The van der Waals surface area contributed by atoms with E-state index in [9.17, 15) is 4.39 Å². The van der Waals surface area contributed by atoms with Crippen molar-refractivity contribution in [2.75, 3.05) is 7.11 Å². The molecule has 3 nitrogen and oxygen atoms in total. The molecule has 1 heterocycles. The lowest BCUT2D eigenvalue weighted by Gasteiger charge is -2.15. The summed E-state index contributed by atoms with van der Waals surface area (Å²) in [6.45, 7) is 2.55. The van der Waals surface area contributed by atoms with Crippen LogP contribution in [-0.2, 0) is 6.54 Å². The van der Waals surface area contributed by atoms with E-state index in [1.807, 2.05) is 19.1 Å². The van der Waals surface area contributed by atoms with Crippen molar-refractivity contribution in [3.8, 4) is 5.88 Å². The maximum Gasteiger partial charge on any atom is 0.213 e. The number of aromatic nitrogens is 1. The van der Waals surface area contributed by atoms with E-state index < -0.39 is 0 Å². The molecule has 1 atom stereocenters. The van der Waals surface area contributed by atoms with Crippen LogP contribution in [0, 0.1) is 5.82 Å². The molecule has 0 saturated heterocycles. The third-order valence-corrected chi connectivity index (χ3v) is 3.54. The number of rotatable bonds is 5. The summed E-state index contributed by atoms with van der Waals surface area (Å²) in [7, 11) is 1.58. The highest BCUT2D eigenvalue weighted by atomic mass is 79.9. The number of benzene rings is 1. The van der Waals surface area contributed by atoms with Crippen LogP contribution in [0.4, 0.5) is 4.39 Å². The second-order valence-corrected chi connectivity index (χ2v) is 5.39. The molecule has 0 aliphatic carbocycles. The molecule has 0 aliphatic heterocycles. The molecule has 1 unspecified atom stereocenters. The maximum atomic E-state index is 13.8. The average Bonchev–Trinajstić information content (AvgIpc) is 2.47. The van der Waals surface area contributed by atoms with Crippen LogP contribution in [0.25, 0.3) is 0 Å². The molecule has 2 aromatic rings. The van der Waals surface area contributed by atoms with E-state index in [-0.39, 0.29) is 11.9 Å². The van der Waals surface area contributed by atoms with E-state index in [0.29, 0.717) is 18.0 Å². The van der Waals surface area contributed by atoms with Crippen LogP contribution in [-0.4, -0.2) is 12.1 Å². The summed E-state index contributed by atoms with van der Waals surface area (Å²) in [6, 6.07) is 8.62. The first-order chi connectivity index (χ1) is 9.60. The van der Waals surface area contributed by atoms with Gasteiger partial charge >= 0.3 is 0 Å². The van der Waals surface area contributed by atoms with E-state index in [1.165, 1.54) is 6.07 Å². The van der Waals surface area contributed by atoms with Gasteiger partial charge in [-0.1, -0.05) is 15.9 Å². The number of ether oxygens (including phenoxy) is 1. The predicted octanol–water partition coefficient (Wildman–Crippen LogP) is 3.84. The topological polar surface area (TPSA) is 34.1 Å². The molecule has 1 aromatic heterocycles. The molecule has 0 aliphatic rings. The van der Waals surface area contributed by atoms with Crippen LogP contribution in [0.15, 0.2) is 41.0 Å². The van der Waals surface area contributed by atoms with Gasteiger partial charge in [-0.3, -0.25) is 0 Å². The Morgan fingerprint density at radius 1 is 1.35 bits per heavy atom. The van der Waals surface area contributed by atoms with Gasteiger partial charge in [0.05, 0.1) is 7.11 Å². The Labute approximate surface area is 126 Å². The minimum Gasteiger partial charge on any atom is -0.481 e. The van der Waals surface area contributed by atoms with Crippen LogP contribution >= 0.6 is 15.9 Å². The molecule has 1 N–H and O–H groups in total. The van der Waals surface area contributed by atoms with Gasteiger partial charge in [0.25, 0.3) is 0 Å². The molecule has 0 amide bonds. The number of pyridine rings is 1. The summed E-state index contributed by atoms with van der Waals surface area (Å²) in [5.41, 5.74) is 1.68. The van der Waals surface area contributed by atoms with Gasteiger partial charge in [0.2, 0.25) is 5.88 Å². The van der Waals surface area contributed by atoms with Gasteiger partial charge < -0.3 is 10.1 Å². The zero-order valence-corrected chi connectivity index (χ0v) is 12.9. The normalized spacial score (nSPS) is 12.2. The summed E-state index contributed by atoms with van der Waals surface area (Å²) in [4.78, 5) is 4.05. The molecular formula is C15H16BrFN2O. The fourth-order valence-electron chi connectivity index (χ4n) is 1.90. The number of nitrogens with zero attached hydrogens (tertiary/aromatic N) is 1. The van der Waals surface area contributed by atoms with E-state index in [1.54, 1.807) is 25.4 Å². The predicted molar refractivity (Wildman–Crippen MR) is 80.1 cm³/mol. The van der Waals surface area contributed by atoms with E-state index >= 15 is 0 Å². The summed E-state index contributed by atoms with van der Waals surface area (Å²) in [6.07, 6.45) is 1.69. The number of methoxy groups -OCH3 is 1. The Morgan fingerprint density at radius 2 is 2.15 bits per heavy atom. The zero-order valence-electron chi connectivity index (χ0n) is 11.4. The first kappa shape index (κ1) is 14.9. The van der Waals surface area contributed by atoms with Crippen LogP contribution in [0.5, 0.6) is 5.88 Å². The largest absolute Gasteiger partial charge is 0.481 e. The van der Waals surface area contributed by atoms with Gasteiger partial charge in [-0.05, 0) is 36.8 Å². The Hall–Kier alpha value is -1.46. The molecule has 5 heteroatoms. The van der Waals surface area contributed by atoms with Crippen molar-refractivity contribution in [3.63, 3.8) is 0 Å². The van der Waals surface area contributed by atoms with Crippen LogP contribution in [0.1, 0.15) is 24.1 Å². The van der Waals surface area contributed by atoms with Crippen molar-refractivity contribution in [2.24, 2.45) is 0 Å². The Morgan fingerprint density at radius 3 is 2.90 bits per heavy atom. The van der Waals surface area contributed by atoms with Crippen molar-refractivity contribution in [1.29, 1.82) is 0 Å². The second-order valence-electron chi connectivity index (χ2n) is 4.47. The number of hydrogen-bond acceptors (Lipinski definition) is 3. The fourth-order valence-corrected chi connectivity index (χ4v) is 2.28. The van der Waals surface area contributed by atoms with Crippen molar-refractivity contribution in [2.45, 2.75) is 19.5 Å². The molecule has 0 radical (unpaired) electrons. The summed E-state index contributed by atoms with van der Waals surface area (Å²) in [5, 5.41) is 3.29. The quantitative estimate of drug-likeness (QED) is 0.899.